The van der Waals surface area contributed by atoms with Gasteiger partial charge in [0.1, 0.15) is 10.8 Å². The van der Waals surface area contributed by atoms with Crippen molar-refractivity contribution in [2.45, 2.75) is 86.9 Å². The summed E-state index contributed by atoms with van der Waals surface area (Å²) in [6.45, 7) is 5.29. The standard InChI is InChI=1S/C21H32N6S/c1-15-14-26(12-11-22-15)19-13-18(28-17-9-5-6-10-17)23-21-24-20(25-27(19)21)16-7-3-2-4-8-16/h13,15-17,22H,2-12,14H2,1H3. The molecule has 0 radical (unpaired) electrons. The molecular weight excluding hydrogens is 368 g/mol. The first-order chi connectivity index (χ1) is 13.8. The number of thioether (sulfide) groups is 1. The zero-order chi connectivity index (χ0) is 18.9. The van der Waals surface area contributed by atoms with Crippen molar-refractivity contribution < 1.29 is 0 Å². The summed E-state index contributed by atoms with van der Waals surface area (Å²) in [4.78, 5) is 12.3. The van der Waals surface area contributed by atoms with Crippen molar-refractivity contribution in [3.8, 4) is 0 Å². The highest BCUT2D eigenvalue weighted by Gasteiger charge is 2.25. The second kappa shape index (κ2) is 8.19. The maximum absolute atomic E-state index is 4.98. The summed E-state index contributed by atoms with van der Waals surface area (Å²) in [5, 5.41) is 10.4. The number of hydrogen-bond acceptors (Lipinski definition) is 6. The summed E-state index contributed by atoms with van der Waals surface area (Å²) >= 11 is 1.96. The third kappa shape index (κ3) is 3.88. The first-order valence-corrected chi connectivity index (χ1v) is 12.1. The summed E-state index contributed by atoms with van der Waals surface area (Å²) in [5.41, 5.74) is 0. The number of rotatable bonds is 4. The Bertz CT molecular complexity index is 809. The molecular formula is C21H32N6S. The molecule has 6 nitrogen and oxygen atoms in total. The van der Waals surface area contributed by atoms with E-state index in [1.54, 1.807) is 0 Å². The zero-order valence-electron chi connectivity index (χ0n) is 16.9. The lowest BCUT2D eigenvalue weighted by molar-refractivity contribution is 0.428. The normalized spacial score (nSPS) is 25.0. The van der Waals surface area contributed by atoms with Gasteiger partial charge < -0.3 is 10.2 Å². The first kappa shape index (κ1) is 18.7. The molecule has 1 unspecified atom stereocenters. The predicted molar refractivity (Wildman–Crippen MR) is 114 cm³/mol. The minimum absolute atomic E-state index is 0.490. The van der Waals surface area contributed by atoms with E-state index in [0.29, 0.717) is 17.2 Å². The van der Waals surface area contributed by atoms with E-state index in [2.05, 4.69) is 23.2 Å². The highest BCUT2D eigenvalue weighted by atomic mass is 32.2. The molecule has 2 saturated carbocycles. The molecule has 1 saturated heterocycles. The van der Waals surface area contributed by atoms with Crippen LogP contribution in [0.25, 0.3) is 5.78 Å². The van der Waals surface area contributed by atoms with Gasteiger partial charge in [0.2, 0.25) is 0 Å². The molecule has 2 aromatic heterocycles. The van der Waals surface area contributed by atoms with Crippen molar-refractivity contribution in [3.63, 3.8) is 0 Å². The second-order valence-corrected chi connectivity index (χ2v) is 10.1. The summed E-state index contributed by atoms with van der Waals surface area (Å²) < 4.78 is 2.03. The Kier molecular flexibility index (Phi) is 5.46. The molecule has 0 amide bonds. The number of nitrogens with zero attached hydrogens (tertiary/aromatic N) is 5. The van der Waals surface area contributed by atoms with E-state index < -0.39 is 0 Å². The molecule has 2 aromatic rings. The van der Waals surface area contributed by atoms with Crippen LogP contribution in [0.5, 0.6) is 0 Å². The van der Waals surface area contributed by atoms with Crippen LogP contribution in [-0.4, -0.2) is 50.5 Å². The predicted octanol–water partition coefficient (Wildman–Crippen LogP) is 4.00. The average Bonchev–Trinajstić information content (AvgIpc) is 3.38. The van der Waals surface area contributed by atoms with Crippen LogP contribution >= 0.6 is 11.8 Å². The fourth-order valence-corrected chi connectivity index (χ4v) is 6.20. The van der Waals surface area contributed by atoms with Crippen molar-refractivity contribution in [1.29, 1.82) is 0 Å². The van der Waals surface area contributed by atoms with Crippen LogP contribution in [0.15, 0.2) is 11.1 Å². The van der Waals surface area contributed by atoms with Gasteiger partial charge in [-0.15, -0.1) is 16.9 Å². The second-order valence-electron chi connectivity index (χ2n) is 8.79. The van der Waals surface area contributed by atoms with E-state index in [1.807, 2.05) is 16.3 Å². The van der Waals surface area contributed by atoms with Crippen LogP contribution in [0.2, 0.25) is 0 Å². The fourth-order valence-electron chi connectivity index (χ4n) is 4.98. The maximum atomic E-state index is 4.98. The van der Waals surface area contributed by atoms with Crippen LogP contribution < -0.4 is 10.2 Å². The van der Waals surface area contributed by atoms with Crippen LogP contribution in [0.1, 0.15) is 76.5 Å². The molecule has 1 atom stereocenters. The summed E-state index contributed by atoms with van der Waals surface area (Å²) in [6, 6.07) is 2.76. The van der Waals surface area contributed by atoms with Crippen LogP contribution in [-0.2, 0) is 0 Å². The Morgan fingerprint density at radius 1 is 1.04 bits per heavy atom. The Balaban J connectivity index is 1.51. The molecule has 3 fully saturated rings. The van der Waals surface area contributed by atoms with Gasteiger partial charge in [0.05, 0.1) is 0 Å². The van der Waals surface area contributed by atoms with E-state index in [0.717, 1.165) is 36.3 Å². The molecule has 1 N–H and O–H groups in total. The monoisotopic (exact) mass is 400 g/mol. The van der Waals surface area contributed by atoms with Gasteiger partial charge in [-0.2, -0.15) is 9.50 Å². The van der Waals surface area contributed by atoms with Gasteiger partial charge in [0.25, 0.3) is 5.78 Å². The first-order valence-electron chi connectivity index (χ1n) is 11.2. The smallest absolute Gasteiger partial charge is 0.255 e. The van der Waals surface area contributed by atoms with Crippen LogP contribution in [0, 0.1) is 0 Å². The topological polar surface area (TPSA) is 58.4 Å². The van der Waals surface area contributed by atoms with Crippen molar-refractivity contribution in [2.75, 3.05) is 24.5 Å². The SMILES string of the molecule is CC1CN(c2cc(SC3CCCC3)nc3nc(C4CCCCC4)nn23)CCN1. The molecule has 28 heavy (non-hydrogen) atoms. The average molecular weight is 401 g/mol. The third-order valence-corrected chi connectivity index (χ3v) is 7.79. The Morgan fingerprint density at radius 3 is 2.61 bits per heavy atom. The number of piperazine rings is 1. The lowest BCUT2D eigenvalue weighted by Crippen LogP contribution is -2.49. The molecule has 1 aliphatic heterocycles. The number of anilines is 1. The minimum Gasteiger partial charge on any atom is -0.354 e. The van der Waals surface area contributed by atoms with Crippen molar-refractivity contribution in [1.82, 2.24) is 24.9 Å². The highest BCUT2D eigenvalue weighted by Crippen LogP contribution is 2.36. The van der Waals surface area contributed by atoms with E-state index >= 15 is 0 Å². The Morgan fingerprint density at radius 2 is 1.82 bits per heavy atom. The van der Waals surface area contributed by atoms with E-state index in [4.69, 9.17) is 15.1 Å². The van der Waals surface area contributed by atoms with Crippen molar-refractivity contribution in [2.24, 2.45) is 0 Å². The summed E-state index contributed by atoms with van der Waals surface area (Å²) in [7, 11) is 0. The lowest BCUT2D eigenvalue weighted by Gasteiger charge is -2.33. The number of aromatic nitrogens is 4. The summed E-state index contributed by atoms with van der Waals surface area (Å²) in [5.74, 6) is 3.49. The molecule has 0 aromatic carbocycles. The number of nitrogens with one attached hydrogen (secondary N) is 1. The van der Waals surface area contributed by atoms with E-state index in [9.17, 15) is 0 Å². The molecule has 7 heteroatoms. The van der Waals surface area contributed by atoms with Gasteiger partial charge in [-0.05, 0) is 32.6 Å². The molecule has 3 aliphatic rings. The van der Waals surface area contributed by atoms with Gasteiger partial charge in [0.15, 0.2) is 5.82 Å². The van der Waals surface area contributed by atoms with Crippen LogP contribution in [0.3, 0.4) is 0 Å². The number of fused-ring (bicyclic) bond motifs is 1. The Hall–Kier alpha value is -1.34. The fraction of sp³-hybridized carbons (Fsp3) is 0.762. The van der Waals surface area contributed by atoms with Gasteiger partial charge >= 0.3 is 0 Å². The molecule has 3 heterocycles. The van der Waals surface area contributed by atoms with Gasteiger partial charge in [-0.3, -0.25) is 0 Å². The molecule has 5 rings (SSSR count). The largest absolute Gasteiger partial charge is 0.354 e. The zero-order valence-corrected chi connectivity index (χ0v) is 17.8. The molecule has 0 spiro atoms. The van der Waals surface area contributed by atoms with Crippen molar-refractivity contribution >= 4 is 23.4 Å². The number of hydrogen-bond donors (Lipinski definition) is 1. The van der Waals surface area contributed by atoms with E-state index in [1.165, 1.54) is 63.6 Å². The van der Waals surface area contributed by atoms with Gasteiger partial charge in [-0.25, -0.2) is 4.98 Å². The molecule has 2 aliphatic carbocycles. The van der Waals surface area contributed by atoms with Gasteiger partial charge in [0, 0.05) is 42.9 Å². The molecule has 152 valence electrons. The lowest BCUT2D eigenvalue weighted by atomic mass is 9.89. The highest BCUT2D eigenvalue weighted by molar-refractivity contribution is 7.99. The van der Waals surface area contributed by atoms with Crippen molar-refractivity contribution in [3.05, 3.63) is 11.9 Å². The third-order valence-electron chi connectivity index (χ3n) is 6.54. The van der Waals surface area contributed by atoms with Gasteiger partial charge in [-0.1, -0.05) is 32.1 Å². The molecule has 0 bridgehead atoms. The minimum atomic E-state index is 0.490. The van der Waals surface area contributed by atoms with Crippen LogP contribution in [0.4, 0.5) is 5.82 Å². The summed E-state index contributed by atoms with van der Waals surface area (Å²) in [6.07, 6.45) is 11.8. The Labute approximate surface area is 171 Å². The maximum Gasteiger partial charge on any atom is 0.255 e. The van der Waals surface area contributed by atoms with E-state index in [-0.39, 0.29) is 0 Å². The quantitative estimate of drug-likeness (QED) is 0.783.